The largest absolute Gasteiger partial charge is 0.504 e. The monoisotopic (exact) mass is 360 g/mol. The highest BCUT2D eigenvalue weighted by atomic mass is 16.3. The first-order valence-corrected chi connectivity index (χ1v) is 8.29. The maximum absolute atomic E-state index is 9.53. The number of imidazole rings is 1. The molecular weight excluding hydrogens is 344 g/mol. The van der Waals surface area contributed by atoms with Crippen molar-refractivity contribution in [3.05, 3.63) is 72.3 Å². The molecule has 8 heteroatoms. The number of nitrogens with zero attached hydrogens (tertiary/aromatic N) is 6. The van der Waals surface area contributed by atoms with Crippen LogP contribution in [0.2, 0.25) is 0 Å². The van der Waals surface area contributed by atoms with Crippen molar-refractivity contribution >= 4 is 17.0 Å². The van der Waals surface area contributed by atoms with Crippen LogP contribution < -0.4 is 0 Å². The Morgan fingerprint density at radius 2 is 1.74 bits per heavy atom. The molecule has 0 amide bonds. The number of rotatable bonds is 5. The van der Waals surface area contributed by atoms with Gasteiger partial charge >= 0.3 is 0 Å². The van der Waals surface area contributed by atoms with Crippen molar-refractivity contribution in [2.75, 3.05) is 0 Å². The van der Waals surface area contributed by atoms with E-state index in [0.29, 0.717) is 29.1 Å². The third-order valence-electron chi connectivity index (χ3n) is 4.04. The van der Waals surface area contributed by atoms with Crippen LogP contribution in [0, 0.1) is 0 Å². The van der Waals surface area contributed by atoms with Crippen molar-refractivity contribution in [2.24, 2.45) is 10.2 Å². The van der Waals surface area contributed by atoms with Crippen LogP contribution in [0.4, 0.5) is 5.82 Å². The van der Waals surface area contributed by atoms with E-state index >= 15 is 0 Å². The lowest BCUT2D eigenvalue weighted by atomic mass is 10.2. The first-order chi connectivity index (χ1) is 13.2. The number of benzene rings is 2. The Morgan fingerprint density at radius 3 is 2.56 bits per heavy atom. The van der Waals surface area contributed by atoms with Crippen LogP contribution in [0.1, 0.15) is 11.1 Å². The topological polar surface area (TPSA) is 109 Å². The van der Waals surface area contributed by atoms with Gasteiger partial charge in [0.2, 0.25) is 5.82 Å². The Morgan fingerprint density at radius 1 is 0.889 bits per heavy atom. The number of phenols is 2. The van der Waals surface area contributed by atoms with E-state index in [4.69, 9.17) is 0 Å². The van der Waals surface area contributed by atoms with Crippen molar-refractivity contribution in [1.82, 2.24) is 19.5 Å². The number of phenolic OH excluding ortho intramolecular Hbond substituents is 2. The van der Waals surface area contributed by atoms with Crippen LogP contribution in [0.3, 0.4) is 0 Å². The predicted octanol–water partition coefficient (Wildman–Crippen LogP) is 3.57. The Hall–Kier alpha value is -3.81. The van der Waals surface area contributed by atoms with E-state index in [9.17, 15) is 10.2 Å². The summed E-state index contributed by atoms with van der Waals surface area (Å²) in [6.07, 6.45) is 3.15. The van der Waals surface area contributed by atoms with Crippen LogP contribution in [-0.2, 0) is 13.1 Å². The molecule has 0 aliphatic carbocycles. The molecule has 2 N–H and O–H groups in total. The Labute approximate surface area is 154 Å². The molecule has 0 saturated carbocycles. The first kappa shape index (κ1) is 16.6. The second kappa shape index (κ2) is 7.20. The van der Waals surface area contributed by atoms with Gasteiger partial charge < -0.3 is 14.8 Å². The minimum Gasteiger partial charge on any atom is -0.504 e. The summed E-state index contributed by atoms with van der Waals surface area (Å²) < 4.78 is 1.93. The summed E-state index contributed by atoms with van der Waals surface area (Å²) in [5, 5.41) is 27.1. The van der Waals surface area contributed by atoms with Gasteiger partial charge in [-0.15, -0.1) is 5.11 Å². The van der Waals surface area contributed by atoms with Crippen LogP contribution in [-0.4, -0.2) is 29.7 Å². The van der Waals surface area contributed by atoms with Gasteiger partial charge in [0.05, 0.1) is 19.4 Å². The van der Waals surface area contributed by atoms with Crippen molar-refractivity contribution in [3.8, 4) is 11.5 Å². The first-order valence-electron chi connectivity index (χ1n) is 8.29. The molecular formula is C19H16N6O2. The van der Waals surface area contributed by atoms with Crippen molar-refractivity contribution in [2.45, 2.75) is 13.1 Å². The minimum absolute atomic E-state index is 0.169. The number of hydrogen-bond acceptors (Lipinski definition) is 7. The molecule has 2 aromatic heterocycles. The van der Waals surface area contributed by atoms with Gasteiger partial charge in [0.1, 0.15) is 6.33 Å². The third-order valence-corrected chi connectivity index (χ3v) is 4.04. The maximum Gasteiger partial charge on any atom is 0.205 e. The molecule has 0 aliphatic heterocycles. The lowest BCUT2D eigenvalue weighted by molar-refractivity contribution is 0.403. The third kappa shape index (κ3) is 3.59. The van der Waals surface area contributed by atoms with E-state index in [1.807, 2.05) is 34.9 Å². The molecule has 4 aromatic rings. The second-order valence-corrected chi connectivity index (χ2v) is 5.95. The van der Waals surface area contributed by atoms with Gasteiger partial charge in [-0.05, 0) is 23.3 Å². The van der Waals surface area contributed by atoms with Crippen LogP contribution in [0.15, 0.2) is 71.4 Å². The molecule has 0 spiro atoms. The molecule has 0 fully saturated rings. The second-order valence-electron chi connectivity index (χ2n) is 5.95. The smallest absolute Gasteiger partial charge is 0.205 e. The Balaban J connectivity index is 1.56. The van der Waals surface area contributed by atoms with Gasteiger partial charge in [-0.3, -0.25) is 0 Å². The Kier molecular flexibility index (Phi) is 4.44. The highest BCUT2D eigenvalue weighted by Crippen LogP contribution is 2.26. The van der Waals surface area contributed by atoms with Gasteiger partial charge in [-0.2, -0.15) is 5.11 Å². The average molecular weight is 360 g/mol. The lowest BCUT2D eigenvalue weighted by Gasteiger charge is -2.03. The molecule has 0 saturated heterocycles. The minimum atomic E-state index is -0.188. The van der Waals surface area contributed by atoms with E-state index in [1.54, 1.807) is 12.4 Å². The highest BCUT2D eigenvalue weighted by Gasteiger charge is 2.10. The van der Waals surface area contributed by atoms with Crippen molar-refractivity contribution in [3.63, 3.8) is 0 Å². The molecule has 0 unspecified atom stereocenters. The quantitative estimate of drug-likeness (QED) is 0.418. The molecule has 0 radical (unpaired) electrons. The molecule has 4 rings (SSSR count). The number of fused-ring (bicyclic) bond motifs is 1. The molecule has 0 aliphatic rings. The van der Waals surface area contributed by atoms with Gasteiger partial charge in [0.25, 0.3) is 0 Å². The number of hydrogen-bond donors (Lipinski definition) is 2. The summed E-state index contributed by atoms with van der Waals surface area (Å²) in [6, 6.07) is 14.6. The molecule has 0 bridgehead atoms. The number of aromatic nitrogens is 4. The maximum atomic E-state index is 9.53. The summed E-state index contributed by atoms with van der Waals surface area (Å²) in [5.41, 5.74) is 3.12. The SMILES string of the molecule is Oc1ccc(CN=Nc2ncnc3c2ncn3Cc2ccccc2)cc1O. The molecule has 27 heavy (non-hydrogen) atoms. The molecule has 8 nitrogen and oxygen atoms in total. The van der Waals surface area contributed by atoms with Gasteiger partial charge in [0, 0.05) is 0 Å². The fraction of sp³-hybridized carbons (Fsp3) is 0.105. The van der Waals surface area contributed by atoms with E-state index in [0.717, 1.165) is 5.56 Å². The average Bonchev–Trinajstić information content (AvgIpc) is 3.09. The fourth-order valence-corrected chi connectivity index (χ4v) is 2.69. The summed E-state index contributed by atoms with van der Waals surface area (Å²) in [6.45, 7) is 0.891. The molecule has 2 heterocycles. The normalized spacial score (nSPS) is 11.4. The number of aromatic hydroxyl groups is 2. The summed E-state index contributed by atoms with van der Waals surface area (Å²) in [5.74, 6) is 0.0266. The summed E-state index contributed by atoms with van der Waals surface area (Å²) in [7, 11) is 0. The zero-order chi connectivity index (χ0) is 18.6. The lowest BCUT2D eigenvalue weighted by Crippen LogP contribution is -1.99. The predicted molar refractivity (Wildman–Crippen MR) is 98.9 cm³/mol. The Bertz CT molecular complexity index is 1110. The van der Waals surface area contributed by atoms with Crippen molar-refractivity contribution < 1.29 is 10.2 Å². The zero-order valence-electron chi connectivity index (χ0n) is 14.3. The zero-order valence-corrected chi connectivity index (χ0v) is 14.3. The van der Waals surface area contributed by atoms with Crippen molar-refractivity contribution in [1.29, 1.82) is 0 Å². The van der Waals surface area contributed by atoms with E-state index in [-0.39, 0.29) is 18.0 Å². The molecule has 134 valence electrons. The highest BCUT2D eigenvalue weighted by molar-refractivity contribution is 5.80. The van der Waals surface area contributed by atoms with Gasteiger partial charge in [0.15, 0.2) is 22.7 Å². The van der Waals surface area contributed by atoms with Crippen LogP contribution in [0.25, 0.3) is 11.2 Å². The van der Waals surface area contributed by atoms with Crippen LogP contribution >= 0.6 is 0 Å². The van der Waals surface area contributed by atoms with Gasteiger partial charge in [-0.1, -0.05) is 36.4 Å². The number of azo groups is 1. The summed E-state index contributed by atoms with van der Waals surface area (Å²) >= 11 is 0. The van der Waals surface area contributed by atoms with Gasteiger partial charge in [-0.25, -0.2) is 15.0 Å². The van der Waals surface area contributed by atoms with E-state index in [1.165, 1.54) is 18.5 Å². The van der Waals surface area contributed by atoms with E-state index < -0.39 is 0 Å². The molecule has 0 atom stereocenters. The molecule has 2 aromatic carbocycles. The fourth-order valence-electron chi connectivity index (χ4n) is 2.69. The summed E-state index contributed by atoms with van der Waals surface area (Å²) in [4.78, 5) is 12.8. The standard InChI is InChI=1S/C19H16N6O2/c26-15-7-6-14(8-16(15)27)9-23-24-18-17-19(21-11-20-18)25(12-22-17)10-13-4-2-1-3-5-13/h1-8,11-12,26-27H,9-10H2. The van der Waals surface area contributed by atoms with Crippen LogP contribution in [0.5, 0.6) is 11.5 Å². The van der Waals surface area contributed by atoms with E-state index in [2.05, 4.69) is 25.2 Å².